The van der Waals surface area contributed by atoms with Gasteiger partial charge in [0, 0.05) is 11.3 Å². The molecule has 76 valence electrons. The van der Waals surface area contributed by atoms with E-state index in [4.69, 9.17) is 0 Å². The molecular weight excluding hydrogens is 178 g/mol. The maximum Gasteiger partial charge on any atom is 0.0201 e. The Labute approximate surface area is 86.4 Å². The van der Waals surface area contributed by atoms with Gasteiger partial charge in [-0.1, -0.05) is 5.57 Å². The third-order valence-corrected chi connectivity index (χ3v) is 4.18. The first-order valence-corrected chi connectivity index (χ1v) is 6.22. The van der Waals surface area contributed by atoms with Gasteiger partial charge in [-0.3, -0.25) is 0 Å². The molecule has 0 saturated carbocycles. The molecule has 0 amide bonds. The zero-order valence-corrected chi connectivity index (χ0v) is 9.62. The Hall–Kier alpha value is 0.0500. The summed E-state index contributed by atoms with van der Waals surface area (Å²) in [7, 11) is 2.09. The molecule has 1 N–H and O–H groups in total. The molecule has 1 heterocycles. The SMILES string of the molecule is C=C(C)CCC(NC)C1CCCS1. The van der Waals surface area contributed by atoms with Crippen LogP contribution in [0.25, 0.3) is 0 Å². The highest BCUT2D eigenvalue weighted by atomic mass is 32.2. The smallest absolute Gasteiger partial charge is 0.0201 e. The predicted octanol–water partition coefficient (Wildman–Crippen LogP) is 2.83. The van der Waals surface area contributed by atoms with E-state index in [0.717, 1.165) is 5.25 Å². The zero-order chi connectivity index (χ0) is 9.68. The zero-order valence-electron chi connectivity index (χ0n) is 8.81. The van der Waals surface area contributed by atoms with Crippen LogP contribution in [0.5, 0.6) is 0 Å². The topological polar surface area (TPSA) is 12.0 Å². The Kier molecular flexibility index (Phi) is 4.89. The second kappa shape index (κ2) is 5.71. The molecule has 0 aromatic carbocycles. The quantitative estimate of drug-likeness (QED) is 0.683. The second-order valence-electron chi connectivity index (χ2n) is 3.94. The van der Waals surface area contributed by atoms with Gasteiger partial charge < -0.3 is 5.32 Å². The van der Waals surface area contributed by atoms with Gasteiger partial charge >= 0.3 is 0 Å². The lowest BCUT2D eigenvalue weighted by Gasteiger charge is -2.22. The molecule has 0 radical (unpaired) electrons. The molecule has 2 unspecified atom stereocenters. The Morgan fingerprint density at radius 1 is 1.69 bits per heavy atom. The van der Waals surface area contributed by atoms with Gasteiger partial charge in [0.15, 0.2) is 0 Å². The van der Waals surface area contributed by atoms with Crippen LogP contribution in [-0.2, 0) is 0 Å². The largest absolute Gasteiger partial charge is 0.316 e. The van der Waals surface area contributed by atoms with Gasteiger partial charge in [-0.05, 0) is 45.4 Å². The van der Waals surface area contributed by atoms with Gasteiger partial charge in [-0.2, -0.15) is 11.8 Å². The van der Waals surface area contributed by atoms with Crippen molar-refractivity contribution < 1.29 is 0 Å². The van der Waals surface area contributed by atoms with Gasteiger partial charge in [-0.15, -0.1) is 6.58 Å². The average molecular weight is 199 g/mol. The van der Waals surface area contributed by atoms with Gasteiger partial charge in [0.2, 0.25) is 0 Å². The van der Waals surface area contributed by atoms with Gasteiger partial charge in [-0.25, -0.2) is 0 Å². The van der Waals surface area contributed by atoms with Crippen molar-refractivity contribution in [2.75, 3.05) is 12.8 Å². The lowest BCUT2D eigenvalue weighted by molar-refractivity contribution is 0.493. The van der Waals surface area contributed by atoms with Gasteiger partial charge in [0.1, 0.15) is 0 Å². The number of nitrogens with one attached hydrogen (secondary N) is 1. The molecule has 2 heteroatoms. The minimum Gasteiger partial charge on any atom is -0.316 e. The van der Waals surface area contributed by atoms with E-state index in [0.29, 0.717) is 6.04 Å². The summed E-state index contributed by atoms with van der Waals surface area (Å²) in [6.07, 6.45) is 5.22. The van der Waals surface area contributed by atoms with Crippen molar-refractivity contribution in [2.45, 2.75) is 43.9 Å². The number of allylic oxidation sites excluding steroid dienone is 1. The van der Waals surface area contributed by atoms with Crippen molar-refractivity contribution in [3.05, 3.63) is 12.2 Å². The van der Waals surface area contributed by atoms with Crippen LogP contribution in [0, 0.1) is 0 Å². The normalized spacial score (nSPS) is 24.6. The highest BCUT2D eigenvalue weighted by Crippen LogP contribution is 2.30. The average Bonchev–Trinajstić information content (AvgIpc) is 2.58. The Morgan fingerprint density at radius 2 is 2.46 bits per heavy atom. The Bertz CT molecular complexity index is 161. The van der Waals surface area contributed by atoms with Crippen LogP contribution in [-0.4, -0.2) is 24.1 Å². The standard InChI is InChI=1S/C11H21NS/c1-9(2)6-7-10(12-3)11-5-4-8-13-11/h10-12H,1,4-8H2,2-3H3. The molecule has 0 bridgehead atoms. The lowest BCUT2D eigenvalue weighted by atomic mass is 10.0. The Balaban J connectivity index is 2.28. The predicted molar refractivity (Wildman–Crippen MR) is 62.4 cm³/mol. The fraction of sp³-hybridized carbons (Fsp3) is 0.818. The summed E-state index contributed by atoms with van der Waals surface area (Å²) in [5, 5.41) is 4.29. The molecule has 1 rings (SSSR count). The van der Waals surface area contributed by atoms with Crippen molar-refractivity contribution >= 4 is 11.8 Å². The maximum absolute atomic E-state index is 3.95. The molecule has 0 aliphatic carbocycles. The van der Waals surface area contributed by atoms with Crippen LogP contribution in [0.2, 0.25) is 0 Å². The first kappa shape index (κ1) is 11.1. The number of thioether (sulfide) groups is 1. The molecule has 0 aromatic heterocycles. The third kappa shape index (κ3) is 3.74. The van der Waals surface area contributed by atoms with E-state index in [2.05, 4.69) is 37.6 Å². The molecule has 0 aromatic rings. The Morgan fingerprint density at radius 3 is 2.92 bits per heavy atom. The summed E-state index contributed by atoms with van der Waals surface area (Å²) < 4.78 is 0. The first-order chi connectivity index (χ1) is 6.24. The van der Waals surface area contributed by atoms with E-state index in [-0.39, 0.29) is 0 Å². The lowest BCUT2D eigenvalue weighted by Crippen LogP contribution is -2.34. The third-order valence-electron chi connectivity index (χ3n) is 2.67. The van der Waals surface area contributed by atoms with E-state index < -0.39 is 0 Å². The molecule has 1 aliphatic rings. The van der Waals surface area contributed by atoms with E-state index in [1.165, 1.54) is 37.0 Å². The number of rotatable bonds is 5. The van der Waals surface area contributed by atoms with Gasteiger partial charge in [0.25, 0.3) is 0 Å². The minimum atomic E-state index is 0.698. The van der Waals surface area contributed by atoms with Crippen LogP contribution in [0.4, 0.5) is 0 Å². The summed E-state index contributed by atoms with van der Waals surface area (Å²) in [5.41, 5.74) is 1.31. The van der Waals surface area contributed by atoms with E-state index in [1.807, 2.05) is 0 Å². The van der Waals surface area contributed by atoms with Crippen molar-refractivity contribution in [3.63, 3.8) is 0 Å². The molecule has 13 heavy (non-hydrogen) atoms. The van der Waals surface area contributed by atoms with E-state index in [1.54, 1.807) is 0 Å². The molecular formula is C11H21NS. The summed E-state index contributed by atoms with van der Waals surface area (Å²) in [5.74, 6) is 1.36. The van der Waals surface area contributed by atoms with Crippen LogP contribution >= 0.6 is 11.8 Å². The van der Waals surface area contributed by atoms with Crippen molar-refractivity contribution in [2.24, 2.45) is 0 Å². The highest BCUT2D eigenvalue weighted by Gasteiger charge is 2.23. The van der Waals surface area contributed by atoms with Crippen LogP contribution < -0.4 is 5.32 Å². The van der Waals surface area contributed by atoms with Crippen molar-refractivity contribution in [3.8, 4) is 0 Å². The number of hydrogen-bond acceptors (Lipinski definition) is 2. The highest BCUT2D eigenvalue weighted by molar-refractivity contribution is 8.00. The fourth-order valence-electron chi connectivity index (χ4n) is 1.84. The molecule has 0 spiro atoms. The summed E-state index contributed by atoms with van der Waals surface area (Å²) in [4.78, 5) is 0. The summed E-state index contributed by atoms with van der Waals surface area (Å²) in [6.45, 7) is 6.07. The van der Waals surface area contributed by atoms with Gasteiger partial charge in [0.05, 0.1) is 0 Å². The van der Waals surface area contributed by atoms with Crippen molar-refractivity contribution in [1.82, 2.24) is 5.32 Å². The van der Waals surface area contributed by atoms with E-state index >= 15 is 0 Å². The van der Waals surface area contributed by atoms with Crippen LogP contribution in [0.3, 0.4) is 0 Å². The molecule has 1 fully saturated rings. The van der Waals surface area contributed by atoms with Crippen molar-refractivity contribution in [1.29, 1.82) is 0 Å². The molecule has 1 aliphatic heterocycles. The summed E-state index contributed by atoms with van der Waals surface area (Å²) in [6, 6.07) is 0.698. The molecule has 2 atom stereocenters. The first-order valence-electron chi connectivity index (χ1n) is 5.17. The fourth-order valence-corrected chi connectivity index (χ4v) is 3.31. The molecule has 1 nitrogen and oxygen atoms in total. The van der Waals surface area contributed by atoms with E-state index in [9.17, 15) is 0 Å². The second-order valence-corrected chi connectivity index (χ2v) is 5.29. The monoisotopic (exact) mass is 199 g/mol. The number of hydrogen-bond donors (Lipinski definition) is 1. The van der Waals surface area contributed by atoms with Crippen LogP contribution in [0.15, 0.2) is 12.2 Å². The minimum absolute atomic E-state index is 0.698. The summed E-state index contributed by atoms with van der Waals surface area (Å²) >= 11 is 2.13. The molecule has 1 saturated heterocycles. The maximum atomic E-state index is 3.95. The van der Waals surface area contributed by atoms with Crippen LogP contribution in [0.1, 0.15) is 32.6 Å².